The molecule has 2 aromatic rings. The summed E-state index contributed by atoms with van der Waals surface area (Å²) in [7, 11) is 0. The predicted molar refractivity (Wildman–Crippen MR) is 102 cm³/mol. The minimum absolute atomic E-state index is 0.00965. The van der Waals surface area contributed by atoms with Crippen LogP contribution < -0.4 is 10.1 Å². The fraction of sp³-hybridized carbons (Fsp3) is 0.429. The Hall–Kier alpha value is -2.44. The van der Waals surface area contributed by atoms with E-state index in [0.29, 0.717) is 30.0 Å². The van der Waals surface area contributed by atoms with Gasteiger partial charge in [-0.15, -0.1) is 0 Å². The molecule has 4 rings (SSSR count). The van der Waals surface area contributed by atoms with Gasteiger partial charge < -0.3 is 15.2 Å². The molecule has 6 heteroatoms. The van der Waals surface area contributed by atoms with Crippen molar-refractivity contribution < 1.29 is 14.8 Å². The van der Waals surface area contributed by atoms with Gasteiger partial charge in [0, 0.05) is 17.6 Å². The van der Waals surface area contributed by atoms with Crippen molar-refractivity contribution in [3.63, 3.8) is 0 Å². The third kappa shape index (κ3) is 3.68. The standard InChI is InChI=1S/C21H24N2O4/c24-21-17-10-12-19(27-13-14-5-2-1-3-6-14)20(23(25)26)16(17)9-11-18(21)22-15-7-4-8-15/h1-3,5-6,10,12,15,18,21-22,24H,4,7-9,11,13H2. The largest absolute Gasteiger partial charge is 0.482 e. The molecule has 2 aliphatic rings. The summed E-state index contributed by atoms with van der Waals surface area (Å²) in [4.78, 5) is 11.4. The van der Waals surface area contributed by atoms with Gasteiger partial charge >= 0.3 is 5.69 Å². The molecule has 142 valence electrons. The maximum absolute atomic E-state index is 11.8. The normalized spacial score (nSPS) is 22.0. The van der Waals surface area contributed by atoms with Crippen LogP contribution in [0.2, 0.25) is 0 Å². The summed E-state index contributed by atoms with van der Waals surface area (Å²) in [5, 5.41) is 26.0. The number of hydrogen-bond donors (Lipinski definition) is 2. The SMILES string of the molecule is O=[N+]([O-])c1c(OCc2ccccc2)ccc2c1CCC(NC1CCC1)C2O. The molecule has 2 aliphatic carbocycles. The van der Waals surface area contributed by atoms with Crippen LogP contribution in [0.1, 0.15) is 48.5 Å². The molecule has 0 aliphatic heterocycles. The summed E-state index contributed by atoms with van der Waals surface area (Å²) in [5.41, 5.74) is 2.19. The second kappa shape index (κ2) is 7.66. The zero-order chi connectivity index (χ0) is 18.8. The van der Waals surface area contributed by atoms with Crippen molar-refractivity contribution in [1.29, 1.82) is 0 Å². The number of benzene rings is 2. The van der Waals surface area contributed by atoms with E-state index < -0.39 is 6.10 Å². The molecule has 0 aromatic heterocycles. The molecule has 0 radical (unpaired) electrons. The van der Waals surface area contributed by atoms with Gasteiger partial charge in [-0.1, -0.05) is 42.8 Å². The Bertz CT molecular complexity index is 820. The van der Waals surface area contributed by atoms with E-state index in [1.54, 1.807) is 12.1 Å². The number of nitro benzene ring substituents is 1. The van der Waals surface area contributed by atoms with Crippen LogP contribution in [0.25, 0.3) is 0 Å². The smallest absolute Gasteiger partial charge is 0.314 e. The average molecular weight is 368 g/mol. The monoisotopic (exact) mass is 368 g/mol. The van der Waals surface area contributed by atoms with Gasteiger partial charge in [0.25, 0.3) is 0 Å². The molecule has 0 spiro atoms. The van der Waals surface area contributed by atoms with Crippen LogP contribution in [-0.2, 0) is 13.0 Å². The highest BCUT2D eigenvalue weighted by molar-refractivity contribution is 5.58. The Morgan fingerprint density at radius 1 is 1.15 bits per heavy atom. The first kappa shape index (κ1) is 17.9. The Balaban J connectivity index is 1.57. The number of ether oxygens (including phenoxy) is 1. The lowest BCUT2D eigenvalue weighted by Gasteiger charge is -2.37. The number of aliphatic hydroxyl groups is 1. The van der Waals surface area contributed by atoms with Crippen molar-refractivity contribution in [2.24, 2.45) is 0 Å². The van der Waals surface area contributed by atoms with Gasteiger partial charge in [0.05, 0.1) is 11.0 Å². The van der Waals surface area contributed by atoms with Gasteiger partial charge in [-0.05, 0) is 42.9 Å². The summed E-state index contributed by atoms with van der Waals surface area (Å²) < 4.78 is 5.76. The van der Waals surface area contributed by atoms with Gasteiger partial charge in [-0.25, -0.2) is 0 Å². The third-order valence-electron chi connectivity index (χ3n) is 5.66. The first-order chi connectivity index (χ1) is 13.1. The van der Waals surface area contributed by atoms with Gasteiger partial charge in [0.1, 0.15) is 6.61 Å². The van der Waals surface area contributed by atoms with E-state index in [2.05, 4.69) is 5.32 Å². The maximum atomic E-state index is 11.8. The van der Waals surface area contributed by atoms with E-state index >= 15 is 0 Å². The van der Waals surface area contributed by atoms with E-state index in [1.165, 1.54) is 6.42 Å². The molecule has 0 bridgehead atoms. The lowest BCUT2D eigenvalue weighted by molar-refractivity contribution is -0.386. The molecular formula is C21H24N2O4. The van der Waals surface area contributed by atoms with E-state index in [1.807, 2.05) is 30.3 Å². The lowest BCUT2D eigenvalue weighted by atomic mass is 9.83. The maximum Gasteiger partial charge on any atom is 0.314 e. The van der Waals surface area contributed by atoms with Gasteiger partial charge in [-0.3, -0.25) is 10.1 Å². The van der Waals surface area contributed by atoms with Crippen LogP contribution in [0.5, 0.6) is 5.75 Å². The van der Waals surface area contributed by atoms with Crippen LogP contribution in [-0.4, -0.2) is 22.1 Å². The first-order valence-electron chi connectivity index (χ1n) is 9.54. The second-order valence-electron chi connectivity index (χ2n) is 7.40. The van der Waals surface area contributed by atoms with Crippen LogP contribution in [0.4, 0.5) is 5.69 Å². The van der Waals surface area contributed by atoms with Crippen LogP contribution >= 0.6 is 0 Å². The third-order valence-corrected chi connectivity index (χ3v) is 5.66. The summed E-state index contributed by atoms with van der Waals surface area (Å²) in [6.07, 6.45) is 4.04. The number of aliphatic hydroxyl groups excluding tert-OH is 1. The highest BCUT2D eigenvalue weighted by Crippen LogP contribution is 2.41. The minimum atomic E-state index is -0.726. The van der Waals surface area contributed by atoms with E-state index in [0.717, 1.165) is 18.4 Å². The van der Waals surface area contributed by atoms with Gasteiger partial charge in [0.15, 0.2) is 5.75 Å². The number of rotatable bonds is 6. The average Bonchev–Trinajstić information content (AvgIpc) is 2.64. The number of hydrogen-bond acceptors (Lipinski definition) is 5. The number of nitrogens with one attached hydrogen (secondary N) is 1. The van der Waals surface area contributed by atoms with Gasteiger partial charge in [0.2, 0.25) is 0 Å². The number of fused-ring (bicyclic) bond motifs is 1. The van der Waals surface area contributed by atoms with Crippen molar-refractivity contribution in [2.45, 2.75) is 56.9 Å². The quantitative estimate of drug-likeness (QED) is 0.600. The molecule has 6 nitrogen and oxygen atoms in total. The summed E-state index contributed by atoms with van der Waals surface area (Å²) in [6.45, 7) is 0.273. The number of nitrogens with zero attached hydrogens (tertiary/aromatic N) is 1. The molecular weight excluding hydrogens is 344 g/mol. The van der Waals surface area contributed by atoms with E-state index in [4.69, 9.17) is 4.74 Å². The Morgan fingerprint density at radius 3 is 2.59 bits per heavy atom. The summed E-state index contributed by atoms with van der Waals surface area (Å²) in [5.74, 6) is 0.264. The van der Waals surface area contributed by atoms with Crippen molar-refractivity contribution in [3.05, 3.63) is 69.3 Å². The topological polar surface area (TPSA) is 84.6 Å². The molecule has 27 heavy (non-hydrogen) atoms. The summed E-state index contributed by atoms with van der Waals surface area (Å²) >= 11 is 0. The predicted octanol–water partition coefficient (Wildman–Crippen LogP) is 3.66. The minimum Gasteiger partial charge on any atom is -0.482 e. The molecule has 2 atom stereocenters. The molecule has 0 heterocycles. The van der Waals surface area contributed by atoms with E-state index in [9.17, 15) is 15.2 Å². The molecule has 1 fully saturated rings. The number of nitro groups is 1. The Labute approximate surface area is 158 Å². The molecule has 2 N–H and O–H groups in total. The van der Waals surface area contributed by atoms with E-state index in [-0.39, 0.29) is 29.0 Å². The van der Waals surface area contributed by atoms with Crippen LogP contribution in [0.3, 0.4) is 0 Å². The second-order valence-corrected chi connectivity index (χ2v) is 7.40. The van der Waals surface area contributed by atoms with Crippen molar-refractivity contribution in [2.75, 3.05) is 0 Å². The molecule has 1 saturated carbocycles. The molecule has 2 unspecified atom stereocenters. The highest BCUT2D eigenvalue weighted by atomic mass is 16.6. The zero-order valence-electron chi connectivity index (χ0n) is 15.1. The van der Waals surface area contributed by atoms with Crippen LogP contribution in [0.15, 0.2) is 42.5 Å². The highest BCUT2D eigenvalue weighted by Gasteiger charge is 2.36. The van der Waals surface area contributed by atoms with Crippen LogP contribution in [0, 0.1) is 10.1 Å². The molecule has 0 saturated heterocycles. The van der Waals surface area contributed by atoms with Crippen molar-refractivity contribution in [1.82, 2.24) is 5.32 Å². The Kier molecular flexibility index (Phi) is 5.09. The van der Waals surface area contributed by atoms with Crippen molar-refractivity contribution in [3.8, 4) is 5.75 Å². The van der Waals surface area contributed by atoms with Crippen molar-refractivity contribution >= 4 is 5.69 Å². The molecule has 0 amide bonds. The Morgan fingerprint density at radius 2 is 1.93 bits per heavy atom. The lowest BCUT2D eigenvalue weighted by Crippen LogP contribution is -2.47. The van der Waals surface area contributed by atoms with Gasteiger partial charge in [-0.2, -0.15) is 0 Å². The first-order valence-corrected chi connectivity index (χ1v) is 9.54. The zero-order valence-corrected chi connectivity index (χ0v) is 15.1. The fourth-order valence-electron chi connectivity index (χ4n) is 3.95. The fourth-order valence-corrected chi connectivity index (χ4v) is 3.95. The molecule has 2 aromatic carbocycles. The summed E-state index contributed by atoms with van der Waals surface area (Å²) in [6, 6.07) is 13.4.